The highest BCUT2D eigenvalue weighted by Crippen LogP contribution is 2.21. The van der Waals surface area contributed by atoms with E-state index >= 15 is 0 Å². The van der Waals surface area contributed by atoms with Gasteiger partial charge in [-0.15, -0.1) is 0 Å². The van der Waals surface area contributed by atoms with Crippen molar-refractivity contribution >= 4 is 5.65 Å². The zero-order chi connectivity index (χ0) is 15.1. The molecule has 1 N–H and O–H groups in total. The third kappa shape index (κ3) is 1.99. The lowest BCUT2D eigenvalue weighted by Crippen LogP contribution is -2.07. The number of aryl methyl sites for hydroxylation is 1. The van der Waals surface area contributed by atoms with Gasteiger partial charge in [-0.05, 0) is 18.6 Å². The van der Waals surface area contributed by atoms with E-state index in [1.807, 2.05) is 25.4 Å². The lowest BCUT2D eigenvalue weighted by molar-refractivity contribution is 0.883. The summed E-state index contributed by atoms with van der Waals surface area (Å²) in [6.45, 7) is 2.00. The Morgan fingerprint density at radius 2 is 2.00 bits per heavy atom. The zero-order valence-corrected chi connectivity index (χ0v) is 11.8. The van der Waals surface area contributed by atoms with Gasteiger partial charge in [-0.1, -0.05) is 0 Å². The van der Waals surface area contributed by atoms with Gasteiger partial charge in [0.1, 0.15) is 5.69 Å². The average Bonchev–Trinajstić information content (AvgIpc) is 3.13. The van der Waals surface area contributed by atoms with E-state index in [-0.39, 0.29) is 5.56 Å². The first-order valence-corrected chi connectivity index (χ1v) is 6.74. The molecule has 7 nitrogen and oxygen atoms in total. The van der Waals surface area contributed by atoms with E-state index in [9.17, 15) is 4.79 Å². The third-order valence-corrected chi connectivity index (χ3v) is 3.42. The van der Waals surface area contributed by atoms with Crippen molar-refractivity contribution in [3.63, 3.8) is 0 Å². The highest BCUT2D eigenvalue weighted by molar-refractivity contribution is 5.64. The first-order chi connectivity index (χ1) is 10.7. The van der Waals surface area contributed by atoms with Crippen molar-refractivity contribution < 1.29 is 0 Å². The quantitative estimate of drug-likeness (QED) is 0.608. The monoisotopic (exact) mass is 292 g/mol. The summed E-state index contributed by atoms with van der Waals surface area (Å²) in [5, 5.41) is 8.56. The van der Waals surface area contributed by atoms with Crippen LogP contribution in [0.2, 0.25) is 0 Å². The second-order valence-corrected chi connectivity index (χ2v) is 5.05. The van der Waals surface area contributed by atoms with E-state index in [4.69, 9.17) is 0 Å². The lowest BCUT2D eigenvalue weighted by Gasteiger charge is -1.99. The van der Waals surface area contributed by atoms with Gasteiger partial charge in [0.15, 0.2) is 5.65 Å². The molecule has 0 aromatic carbocycles. The van der Waals surface area contributed by atoms with Crippen LogP contribution in [0.25, 0.3) is 22.5 Å². The highest BCUT2D eigenvalue weighted by atomic mass is 16.1. The molecule has 0 atom stereocenters. The molecular formula is C15H12N6O. The van der Waals surface area contributed by atoms with Gasteiger partial charge in [0, 0.05) is 42.0 Å². The first kappa shape index (κ1) is 12.5. The summed E-state index contributed by atoms with van der Waals surface area (Å²) in [7, 11) is 0. The molecule has 0 radical (unpaired) electrons. The molecule has 0 saturated carbocycles. The molecule has 0 amide bonds. The summed E-state index contributed by atoms with van der Waals surface area (Å²) in [6, 6.07) is 3.48. The molecule has 4 rings (SSSR count). The second kappa shape index (κ2) is 4.66. The van der Waals surface area contributed by atoms with Crippen molar-refractivity contribution in [2.75, 3.05) is 0 Å². The van der Waals surface area contributed by atoms with Crippen LogP contribution >= 0.6 is 0 Å². The third-order valence-electron chi connectivity index (χ3n) is 3.42. The lowest BCUT2D eigenvalue weighted by atomic mass is 10.1. The van der Waals surface area contributed by atoms with Gasteiger partial charge in [-0.3, -0.25) is 9.78 Å². The number of aromatic amines is 1. The minimum absolute atomic E-state index is 0.176. The van der Waals surface area contributed by atoms with Crippen LogP contribution in [0.1, 0.15) is 5.56 Å². The van der Waals surface area contributed by atoms with E-state index in [1.165, 1.54) is 6.07 Å². The predicted molar refractivity (Wildman–Crippen MR) is 80.9 cm³/mol. The Hall–Kier alpha value is -3.22. The van der Waals surface area contributed by atoms with Crippen molar-refractivity contribution in [3.8, 4) is 16.8 Å². The SMILES string of the molecule is Cc1cncc(-c2cnn(-c3cnn4ccc(=O)[nH]c34)c2)c1. The summed E-state index contributed by atoms with van der Waals surface area (Å²) >= 11 is 0. The largest absolute Gasteiger partial charge is 0.305 e. The Bertz CT molecular complexity index is 1030. The molecule has 0 spiro atoms. The molecule has 4 heterocycles. The molecule has 0 fully saturated rings. The maximum atomic E-state index is 11.5. The maximum absolute atomic E-state index is 11.5. The van der Waals surface area contributed by atoms with Crippen LogP contribution in [-0.2, 0) is 0 Å². The number of nitrogens with one attached hydrogen (secondary N) is 1. The molecule has 7 heteroatoms. The number of hydrogen-bond acceptors (Lipinski definition) is 4. The molecule has 0 aliphatic carbocycles. The topological polar surface area (TPSA) is 80.9 Å². The van der Waals surface area contributed by atoms with Crippen LogP contribution in [0.15, 0.2) is 54.1 Å². The Morgan fingerprint density at radius 3 is 2.86 bits per heavy atom. The zero-order valence-electron chi connectivity index (χ0n) is 11.8. The molecule has 0 aliphatic heterocycles. The fourth-order valence-corrected chi connectivity index (χ4v) is 2.37. The van der Waals surface area contributed by atoms with Crippen molar-refractivity contribution in [1.29, 1.82) is 0 Å². The number of aromatic nitrogens is 6. The smallest absolute Gasteiger partial charge is 0.251 e. The fourth-order valence-electron chi connectivity index (χ4n) is 2.37. The molecule has 0 unspecified atom stereocenters. The standard InChI is InChI=1S/C15H12N6O/c1-10-4-11(6-16-5-10)12-7-17-21(9-12)13-8-18-20-3-2-14(22)19-15(13)20/h2-9H,1H3,(H,19,22). The Balaban J connectivity index is 1.83. The molecule has 0 saturated heterocycles. The van der Waals surface area contributed by atoms with Crippen LogP contribution in [0.3, 0.4) is 0 Å². The molecule has 4 aromatic heterocycles. The van der Waals surface area contributed by atoms with E-state index < -0.39 is 0 Å². The molecule has 108 valence electrons. The van der Waals surface area contributed by atoms with Crippen molar-refractivity contribution in [2.45, 2.75) is 6.92 Å². The van der Waals surface area contributed by atoms with E-state index in [0.717, 1.165) is 16.7 Å². The average molecular weight is 292 g/mol. The first-order valence-electron chi connectivity index (χ1n) is 6.74. The van der Waals surface area contributed by atoms with Gasteiger partial charge < -0.3 is 4.98 Å². The number of nitrogens with zero attached hydrogens (tertiary/aromatic N) is 5. The van der Waals surface area contributed by atoms with Gasteiger partial charge in [0.25, 0.3) is 5.56 Å². The van der Waals surface area contributed by atoms with Crippen LogP contribution in [0.5, 0.6) is 0 Å². The van der Waals surface area contributed by atoms with Gasteiger partial charge in [-0.25, -0.2) is 9.20 Å². The van der Waals surface area contributed by atoms with E-state index in [2.05, 4.69) is 20.2 Å². The van der Waals surface area contributed by atoms with Gasteiger partial charge in [0.2, 0.25) is 0 Å². The number of H-pyrrole nitrogens is 1. The maximum Gasteiger partial charge on any atom is 0.251 e. The van der Waals surface area contributed by atoms with Crippen LogP contribution < -0.4 is 5.56 Å². The van der Waals surface area contributed by atoms with E-state index in [0.29, 0.717) is 11.3 Å². The normalized spacial score (nSPS) is 11.1. The molecule has 0 aliphatic rings. The van der Waals surface area contributed by atoms with Crippen molar-refractivity contribution in [3.05, 3.63) is 65.2 Å². The highest BCUT2D eigenvalue weighted by Gasteiger charge is 2.10. The van der Waals surface area contributed by atoms with Gasteiger partial charge in [-0.2, -0.15) is 10.2 Å². The summed E-state index contributed by atoms with van der Waals surface area (Å²) in [5.74, 6) is 0. The number of pyridine rings is 1. The molecule has 22 heavy (non-hydrogen) atoms. The summed E-state index contributed by atoms with van der Waals surface area (Å²) in [6.07, 6.45) is 10.5. The summed E-state index contributed by atoms with van der Waals surface area (Å²) in [5.41, 5.74) is 4.18. The molecule has 0 bridgehead atoms. The summed E-state index contributed by atoms with van der Waals surface area (Å²) in [4.78, 5) is 18.5. The minimum Gasteiger partial charge on any atom is -0.305 e. The van der Waals surface area contributed by atoms with Crippen LogP contribution in [0.4, 0.5) is 0 Å². The molecular weight excluding hydrogens is 280 g/mol. The van der Waals surface area contributed by atoms with Crippen molar-refractivity contribution in [1.82, 2.24) is 29.4 Å². The van der Waals surface area contributed by atoms with Crippen LogP contribution in [-0.4, -0.2) is 29.4 Å². The second-order valence-electron chi connectivity index (χ2n) is 5.05. The predicted octanol–water partition coefficient (Wildman–Crippen LogP) is 1.58. The number of rotatable bonds is 2. The van der Waals surface area contributed by atoms with Crippen molar-refractivity contribution in [2.24, 2.45) is 0 Å². The number of hydrogen-bond donors (Lipinski definition) is 1. The Morgan fingerprint density at radius 1 is 1.09 bits per heavy atom. The Kier molecular flexibility index (Phi) is 2.65. The molecule has 4 aromatic rings. The Labute approximate surface area is 124 Å². The number of fused-ring (bicyclic) bond motifs is 1. The fraction of sp³-hybridized carbons (Fsp3) is 0.0667. The van der Waals surface area contributed by atoms with E-state index in [1.54, 1.807) is 34.0 Å². The van der Waals surface area contributed by atoms with Crippen LogP contribution in [0, 0.1) is 6.92 Å². The van der Waals surface area contributed by atoms with Gasteiger partial charge in [0.05, 0.1) is 12.4 Å². The van der Waals surface area contributed by atoms with Gasteiger partial charge >= 0.3 is 0 Å². The summed E-state index contributed by atoms with van der Waals surface area (Å²) < 4.78 is 3.29. The minimum atomic E-state index is -0.176.